The van der Waals surface area contributed by atoms with Gasteiger partial charge in [-0.2, -0.15) is 0 Å². The Bertz CT molecular complexity index is 415. The van der Waals surface area contributed by atoms with Crippen molar-refractivity contribution in [1.82, 2.24) is 10.2 Å². The fraction of sp³-hybridized carbons (Fsp3) is 0.333. The van der Waals surface area contributed by atoms with Crippen molar-refractivity contribution in [3.63, 3.8) is 0 Å². The molecule has 2 N–H and O–H groups in total. The molecule has 0 fully saturated rings. The molecule has 1 rings (SSSR count). The molecule has 0 saturated heterocycles. The van der Waals surface area contributed by atoms with E-state index in [1.807, 2.05) is 6.92 Å². The van der Waals surface area contributed by atoms with Gasteiger partial charge < -0.3 is 15.0 Å². The highest BCUT2D eigenvalue weighted by Crippen LogP contribution is 2.15. The van der Waals surface area contributed by atoms with Crippen molar-refractivity contribution in [1.29, 1.82) is 0 Å². The zero-order chi connectivity index (χ0) is 13.5. The second-order valence-corrected chi connectivity index (χ2v) is 3.74. The SMILES string of the molecule is CCOc1ccc(NC(=O)NC(=O)N(C)C)cc1. The molecule has 0 aliphatic carbocycles. The monoisotopic (exact) mass is 251 g/mol. The number of ether oxygens (including phenoxy) is 1. The van der Waals surface area contributed by atoms with E-state index >= 15 is 0 Å². The number of nitrogens with one attached hydrogen (secondary N) is 2. The van der Waals surface area contributed by atoms with Crippen molar-refractivity contribution >= 4 is 17.7 Å². The maximum Gasteiger partial charge on any atom is 0.327 e. The second-order valence-electron chi connectivity index (χ2n) is 3.74. The van der Waals surface area contributed by atoms with Gasteiger partial charge >= 0.3 is 12.1 Å². The lowest BCUT2D eigenvalue weighted by molar-refractivity contribution is 0.214. The number of hydrogen-bond acceptors (Lipinski definition) is 3. The first kappa shape index (κ1) is 13.8. The van der Waals surface area contributed by atoms with E-state index in [0.29, 0.717) is 12.3 Å². The van der Waals surface area contributed by atoms with E-state index in [1.165, 1.54) is 4.90 Å². The van der Waals surface area contributed by atoms with Crippen LogP contribution in [0, 0.1) is 0 Å². The lowest BCUT2D eigenvalue weighted by Gasteiger charge is -2.12. The van der Waals surface area contributed by atoms with Gasteiger partial charge in [0.15, 0.2) is 0 Å². The van der Waals surface area contributed by atoms with Crippen molar-refractivity contribution in [3.8, 4) is 5.75 Å². The van der Waals surface area contributed by atoms with Gasteiger partial charge in [-0.1, -0.05) is 0 Å². The average Bonchev–Trinajstić information content (AvgIpc) is 2.31. The molecular weight excluding hydrogens is 234 g/mol. The van der Waals surface area contributed by atoms with Crippen LogP contribution in [0.4, 0.5) is 15.3 Å². The van der Waals surface area contributed by atoms with Crippen LogP contribution in [-0.4, -0.2) is 37.7 Å². The van der Waals surface area contributed by atoms with Crippen molar-refractivity contribution in [3.05, 3.63) is 24.3 Å². The number of hydrogen-bond donors (Lipinski definition) is 2. The third kappa shape index (κ3) is 4.32. The van der Waals surface area contributed by atoms with Crippen LogP contribution in [-0.2, 0) is 0 Å². The van der Waals surface area contributed by atoms with Gasteiger partial charge in [0.1, 0.15) is 5.75 Å². The van der Waals surface area contributed by atoms with Gasteiger partial charge in [0.25, 0.3) is 0 Å². The normalized spacial score (nSPS) is 9.50. The summed E-state index contributed by atoms with van der Waals surface area (Å²) in [7, 11) is 3.11. The molecule has 98 valence electrons. The van der Waals surface area contributed by atoms with Crippen molar-refractivity contribution in [2.24, 2.45) is 0 Å². The Hall–Kier alpha value is -2.24. The van der Waals surface area contributed by atoms with Crippen molar-refractivity contribution in [2.75, 3.05) is 26.0 Å². The number of carbonyl (C=O) groups is 2. The van der Waals surface area contributed by atoms with Gasteiger partial charge in [0.05, 0.1) is 6.61 Å². The minimum atomic E-state index is -0.571. The smallest absolute Gasteiger partial charge is 0.327 e. The molecule has 0 radical (unpaired) electrons. The van der Waals surface area contributed by atoms with Crippen LogP contribution in [0.1, 0.15) is 6.92 Å². The fourth-order valence-corrected chi connectivity index (χ4v) is 1.17. The Morgan fingerprint density at radius 2 is 1.83 bits per heavy atom. The molecule has 0 saturated carbocycles. The van der Waals surface area contributed by atoms with Crippen LogP contribution in [0.3, 0.4) is 0 Å². The molecule has 0 atom stereocenters. The molecule has 1 aromatic rings. The molecule has 0 bridgehead atoms. The molecule has 4 amide bonds. The molecule has 0 spiro atoms. The lowest BCUT2D eigenvalue weighted by Crippen LogP contribution is -2.40. The third-order valence-corrected chi connectivity index (χ3v) is 2.05. The molecule has 0 unspecified atom stereocenters. The van der Waals surface area contributed by atoms with Gasteiger partial charge in [0, 0.05) is 19.8 Å². The molecule has 6 heteroatoms. The van der Waals surface area contributed by atoms with Crippen LogP contribution in [0.5, 0.6) is 5.75 Å². The number of amides is 4. The molecule has 1 aromatic carbocycles. The number of carbonyl (C=O) groups excluding carboxylic acids is 2. The second kappa shape index (κ2) is 6.48. The zero-order valence-corrected chi connectivity index (χ0v) is 10.7. The Kier molecular flexibility index (Phi) is 4.98. The molecule has 0 aliphatic rings. The van der Waals surface area contributed by atoms with E-state index in [1.54, 1.807) is 38.4 Å². The first-order chi connectivity index (χ1) is 8.52. The summed E-state index contributed by atoms with van der Waals surface area (Å²) in [6.45, 7) is 2.48. The number of imide groups is 1. The number of nitrogens with zero attached hydrogens (tertiary/aromatic N) is 1. The van der Waals surface area contributed by atoms with Gasteiger partial charge in [-0.25, -0.2) is 9.59 Å². The number of rotatable bonds is 3. The summed E-state index contributed by atoms with van der Waals surface area (Å²) in [6, 6.07) is 5.84. The quantitative estimate of drug-likeness (QED) is 0.861. The first-order valence-electron chi connectivity index (χ1n) is 5.55. The fourth-order valence-electron chi connectivity index (χ4n) is 1.17. The summed E-state index contributed by atoms with van der Waals surface area (Å²) < 4.78 is 5.27. The minimum Gasteiger partial charge on any atom is -0.494 e. The van der Waals surface area contributed by atoms with Crippen LogP contribution in [0.15, 0.2) is 24.3 Å². The van der Waals surface area contributed by atoms with E-state index in [9.17, 15) is 9.59 Å². The Labute approximate surface area is 106 Å². The summed E-state index contributed by atoms with van der Waals surface area (Å²) in [5.74, 6) is 0.729. The van der Waals surface area contributed by atoms with Gasteiger partial charge in [-0.3, -0.25) is 5.32 Å². The molecule has 6 nitrogen and oxygen atoms in total. The van der Waals surface area contributed by atoms with E-state index in [4.69, 9.17) is 4.74 Å². The maximum absolute atomic E-state index is 11.4. The minimum absolute atomic E-state index is 0.474. The van der Waals surface area contributed by atoms with Crippen LogP contribution in [0.25, 0.3) is 0 Å². The topological polar surface area (TPSA) is 70.7 Å². The molecule has 0 heterocycles. The van der Waals surface area contributed by atoms with E-state index in [-0.39, 0.29) is 0 Å². The van der Waals surface area contributed by atoms with E-state index < -0.39 is 12.1 Å². The van der Waals surface area contributed by atoms with E-state index in [2.05, 4.69) is 10.6 Å². The summed E-state index contributed by atoms with van der Waals surface area (Å²) in [5.41, 5.74) is 0.586. The predicted molar refractivity (Wildman–Crippen MR) is 68.8 cm³/mol. The van der Waals surface area contributed by atoms with Crippen LogP contribution < -0.4 is 15.4 Å². The van der Waals surface area contributed by atoms with Gasteiger partial charge in [-0.05, 0) is 31.2 Å². The zero-order valence-electron chi connectivity index (χ0n) is 10.7. The van der Waals surface area contributed by atoms with E-state index in [0.717, 1.165) is 5.75 Å². The van der Waals surface area contributed by atoms with Crippen molar-refractivity contribution in [2.45, 2.75) is 6.92 Å². The number of urea groups is 2. The molecule has 18 heavy (non-hydrogen) atoms. The van der Waals surface area contributed by atoms with Crippen molar-refractivity contribution < 1.29 is 14.3 Å². The van der Waals surface area contributed by atoms with Gasteiger partial charge in [0.2, 0.25) is 0 Å². The van der Waals surface area contributed by atoms with Crippen LogP contribution >= 0.6 is 0 Å². The number of anilines is 1. The summed E-state index contributed by atoms with van der Waals surface area (Å²) in [4.78, 5) is 23.9. The molecular formula is C12H17N3O3. The Balaban J connectivity index is 2.51. The predicted octanol–water partition coefficient (Wildman–Crippen LogP) is 1.89. The number of benzene rings is 1. The molecule has 0 aliphatic heterocycles. The maximum atomic E-state index is 11.4. The highest BCUT2D eigenvalue weighted by molar-refractivity contribution is 6.00. The highest BCUT2D eigenvalue weighted by atomic mass is 16.5. The summed E-state index contributed by atoms with van der Waals surface area (Å²) >= 11 is 0. The average molecular weight is 251 g/mol. The summed E-state index contributed by atoms with van der Waals surface area (Å²) in [6.07, 6.45) is 0. The first-order valence-corrected chi connectivity index (χ1v) is 5.55. The third-order valence-electron chi connectivity index (χ3n) is 2.05. The standard InChI is InChI=1S/C12H17N3O3/c1-4-18-10-7-5-9(6-8-10)13-11(16)14-12(17)15(2)3/h5-8H,4H2,1-3H3,(H2,13,14,16,17). The van der Waals surface area contributed by atoms with Gasteiger partial charge in [-0.15, -0.1) is 0 Å². The Morgan fingerprint density at radius 1 is 1.22 bits per heavy atom. The lowest BCUT2D eigenvalue weighted by atomic mass is 10.3. The Morgan fingerprint density at radius 3 is 2.33 bits per heavy atom. The summed E-state index contributed by atoms with van der Waals surface area (Å²) in [5, 5.41) is 4.72. The largest absolute Gasteiger partial charge is 0.494 e. The highest BCUT2D eigenvalue weighted by Gasteiger charge is 2.08. The molecule has 0 aromatic heterocycles. The van der Waals surface area contributed by atoms with Crippen LogP contribution in [0.2, 0.25) is 0 Å².